The molecule has 0 bridgehead atoms. The van der Waals surface area contributed by atoms with Crippen LogP contribution in [0.1, 0.15) is 26.3 Å². The smallest absolute Gasteiger partial charge is 0.407 e. The lowest BCUT2D eigenvalue weighted by molar-refractivity contribution is 0.0523. The number of nitrogens with one attached hydrogen (secondary N) is 2. The molecule has 1 aromatic heterocycles. The van der Waals surface area contributed by atoms with Crippen LogP contribution in [0.25, 0.3) is 0 Å². The Balaban J connectivity index is 2.50. The zero-order chi connectivity index (χ0) is 12.2. The lowest BCUT2D eigenvalue weighted by Crippen LogP contribution is -2.33. The van der Waals surface area contributed by atoms with Gasteiger partial charge in [0.2, 0.25) is 0 Å². The summed E-state index contributed by atoms with van der Waals surface area (Å²) in [6, 6.07) is 1.41. The van der Waals surface area contributed by atoms with E-state index in [1.165, 1.54) is 6.07 Å². The van der Waals surface area contributed by atoms with E-state index in [2.05, 4.69) is 10.3 Å². The number of amides is 1. The van der Waals surface area contributed by atoms with Crippen molar-refractivity contribution in [2.24, 2.45) is 0 Å². The quantitative estimate of drug-likeness (QED) is 0.797. The number of aromatic nitrogens is 1. The van der Waals surface area contributed by atoms with Gasteiger partial charge in [-0.2, -0.15) is 0 Å². The summed E-state index contributed by atoms with van der Waals surface area (Å²) in [7, 11) is 0. The van der Waals surface area contributed by atoms with E-state index in [1.54, 1.807) is 33.2 Å². The van der Waals surface area contributed by atoms with Crippen LogP contribution in [0.5, 0.6) is 0 Å². The number of hydrogen-bond donors (Lipinski definition) is 2. The molecule has 0 aromatic carbocycles. The summed E-state index contributed by atoms with van der Waals surface area (Å²) < 4.78 is 5.04. The summed E-state index contributed by atoms with van der Waals surface area (Å²) in [5.41, 5.74) is -0.157. The topological polar surface area (TPSA) is 71.2 Å². The first kappa shape index (κ1) is 12.3. The van der Waals surface area contributed by atoms with Crippen molar-refractivity contribution >= 4 is 6.09 Å². The molecule has 1 aromatic rings. The zero-order valence-corrected chi connectivity index (χ0v) is 9.66. The number of ether oxygens (including phenoxy) is 1. The predicted octanol–water partition coefficient (Wildman–Crippen LogP) is 1.40. The van der Waals surface area contributed by atoms with Crippen molar-refractivity contribution in [1.29, 1.82) is 0 Å². The van der Waals surface area contributed by atoms with Crippen molar-refractivity contribution in [2.45, 2.75) is 32.9 Å². The summed E-state index contributed by atoms with van der Waals surface area (Å²) in [4.78, 5) is 25.4. The number of rotatable bonds is 2. The third-order valence-corrected chi connectivity index (χ3v) is 1.73. The minimum atomic E-state index is -0.535. The molecule has 2 N–H and O–H groups in total. The lowest BCUT2D eigenvalue weighted by Gasteiger charge is -2.19. The maximum absolute atomic E-state index is 11.3. The fourth-order valence-electron chi connectivity index (χ4n) is 1.07. The average molecular weight is 224 g/mol. The molecule has 5 nitrogen and oxygen atoms in total. The second kappa shape index (κ2) is 4.83. The second-order valence-electron chi connectivity index (χ2n) is 4.39. The van der Waals surface area contributed by atoms with Crippen LogP contribution in [0.2, 0.25) is 0 Å². The van der Waals surface area contributed by atoms with Gasteiger partial charge in [-0.05, 0) is 20.8 Å². The van der Waals surface area contributed by atoms with E-state index >= 15 is 0 Å². The normalized spacial score (nSPS) is 10.9. The van der Waals surface area contributed by atoms with E-state index in [0.29, 0.717) is 5.56 Å². The van der Waals surface area contributed by atoms with Gasteiger partial charge in [-0.25, -0.2) is 4.79 Å². The van der Waals surface area contributed by atoms with Crippen LogP contribution in [-0.4, -0.2) is 16.7 Å². The Labute approximate surface area is 93.8 Å². The molecule has 1 heterocycles. The van der Waals surface area contributed by atoms with Crippen molar-refractivity contribution in [1.82, 2.24) is 10.3 Å². The van der Waals surface area contributed by atoms with Crippen molar-refractivity contribution in [2.75, 3.05) is 0 Å². The molecule has 0 saturated heterocycles. The first-order chi connectivity index (χ1) is 7.38. The van der Waals surface area contributed by atoms with Crippen LogP contribution < -0.4 is 10.7 Å². The summed E-state index contributed by atoms with van der Waals surface area (Å²) in [6.45, 7) is 5.50. The number of H-pyrrole nitrogens is 1. The van der Waals surface area contributed by atoms with Gasteiger partial charge in [0.05, 0.1) is 6.54 Å². The molecule has 0 fully saturated rings. The molecule has 0 unspecified atom stereocenters. The van der Waals surface area contributed by atoms with Crippen LogP contribution in [0, 0.1) is 0 Å². The van der Waals surface area contributed by atoms with E-state index in [9.17, 15) is 9.59 Å². The maximum Gasteiger partial charge on any atom is 0.407 e. The second-order valence-corrected chi connectivity index (χ2v) is 4.39. The Morgan fingerprint density at radius 1 is 1.50 bits per heavy atom. The fraction of sp³-hybridized carbons (Fsp3) is 0.455. The van der Waals surface area contributed by atoms with Crippen LogP contribution in [-0.2, 0) is 11.3 Å². The van der Waals surface area contributed by atoms with Crippen LogP contribution >= 0.6 is 0 Å². The van der Waals surface area contributed by atoms with Crippen molar-refractivity contribution < 1.29 is 9.53 Å². The minimum absolute atomic E-state index is 0.116. The number of carbonyl (C=O) groups excluding carboxylic acids is 1. The van der Waals surface area contributed by atoms with Crippen molar-refractivity contribution in [3.8, 4) is 0 Å². The molecule has 0 spiro atoms. The average Bonchev–Trinajstić information content (AvgIpc) is 2.14. The standard InChI is InChI=1S/C11H16N2O3/c1-11(2,3)16-10(15)13-7-8-6-12-5-4-9(8)14/h4-6H,7H2,1-3H3,(H,12,14)(H,13,15). The lowest BCUT2D eigenvalue weighted by atomic mass is 10.2. The number of pyridine rings is 1. The molecule has 16 heavy (non-hydrogen) atoms. The molecule has 0 aliphatic carbocycles. The number of carbonyl (C=O) groups is 1. The van der Waals surface area contributed by atoms with Gasteiger partial charge in [-0.1, -0.05) is 0 Å². The van der Waals surface area contributed by atoms with E-state index in [4.69, 9.17) is 4.74 Å². The highest BCUT2D eigenvalue weighted by Crippen LogP contribution is 2.06. The third-order valence-electron chi connectivity index (χ3n) is 1.73. The largest absolute Gasteiger partial charge is 0.444 e. The SMILES string of the molecule is CC(C)(C)OC(=O)NCc1c[nH]ccc1=O. The summed E-state index contributed by atoms with van der Waals surface area (Å²) in [6.07, 6.45) is 2.56. The Bertz CT molecular complexity index is 418. The van der Waals surface area contributed by atoms with Gasteiger partial charge in [0.25, 0.3) is 0 Å². The van der Waals surface area contributed by atoms with Gasteiger partial charge >= 0.3 is 6.09 Å². The van der Waals surface area contributed by atoms with E-state index < -0.39 is 11.7 Å². The molecular weight excluding hydrogens is 208 g/mol. The van der Waals surface area contributed by atoms with Crippen LogP contribution in [0.4, 0.5) is 4.79 Å². The third kappa shape index (κ3) is 4.16. The molecule has 1 rings (SSSR count). The van der Waals surface area contributed by atoms with E-state index in [-0.39, 0.29) is 12.0 Å². The fourth-order valence-corrected chi connectivity index (χ4v) is 1.07. The molecule has 0 radical (unpaired) electrons. The summed E-state index contributed by atoms with van der Waals surface area (Å²) >= 11 is 0. The first-order valence-corrected chi connectivity index (χ1v) is 5.01. The van der Waals surface area contributed by atoms with Gasteiger partial charge in [0, 0.05) is 24.0 Å². The molecular formula is C11H16N2O3. The van der Waals surface area contributed by atoms with Crippen LogP contribution in [0.3, 0.4) is 0 Å². The molecule has 0 aliphatic rings. The molecule has 0 aliphatic heterocycles. The molecule has 0 atom stereocenters. The summed E-state index contributed by atoms with van der Waals surface area (Å²) in [5.74, 6) is 0. The van der Waals surface area contributed by atoms with Gasteiger partial charge in [-0.3, -0.25) is 4.79 Å². The molecule has 1 amide bonds. The number of alkyl carbamates (subject to hydrolysis) is 1. The van der Waals surface area contributed by atoms with Gasteiger partial charge in [-0.15, -0.1) is 0 Å². The van der Waals surface area contributed by atoms with Crippen molar-refractivity contribution in [3.63, 3.8) is 0 Å². The van der Waals surface area contributed by atoms with Crippen molar-refractivity contribution in [3.05, 3.63) is 34.2 Å². The Hall–Kier alpha value is -1.78. The highest BCUT2D eigenvalue weighted by Gasteiger charge is 2.15. The monoisotopic (exact) mass is 224 g/mol. The number of hydrogen-bond acceptors (Lipinski definition) is 3. The zero-order valence-electron chi connectivity index (χ0n) is 9.66. The Morgan fingerprint density at radius 3 is 2.75 bits per heavy atom. The Morgan fingerprint density at radius 2 is 2.19 bits per heavy atom. The Kier molecular flexibility index (Phi) is 3.71. The molecule has 5 heteroatoms. The maximum atomic E-state index is 11.3. The molecule has 88 valence electrons. The highest BCUT2D eigenvalue weighted by atomic mass is 16.6. The number of aromatic amines is 1. The highest BCUT2D eigenvalue weighted by molar-refractivity contribution is 5.67. The van der Waals surface area contributed by atoms with E-state index in [1.807, 2.05) is 0 Å². The predicted molar refractivity (Wildman–Crippen MR) is 60.1 cm³/mol. The van der Waals surface area contributed by atoms with E-state index in [0.717, 1.165) is 0 Å². The summed E-state index contributed by atoms with van der Waals surface area (Å²) in [5, 5.41) is 2.52. The molecule has 0 saturated carbocycles. The first-order valence-electron chi connectivity index (χ1n) is 5.01. The minimum Gasteiger partial charge on any atom is -0.444 e. The van der Waals surface area contributed by atoms with Gasteiger partial charge in [0.15, 0.2) is 5.43 Å². The van der Waals surface area contributed by atoms with Crippen LogP contribution in [0.15, 0.2) is 23.3 Å². The van der Waals surface area contributed by atoms with Gasteiger partial charge in [0.1, 0.15) is 5.60 Å². The van der Waals surface area contributed by atoms with Gasteiger partial charge < -0.3 is 15.0 Å².